The Morgan fingerprint density at radius 1 is 1.39 bits per heavy atom. The Morgan fingerprint density at radius 3 is 2.72 bits per heavy atom. The fourth-order valence-corrected chi connectivity index (χ4v) is 3.54. The molecule has 0 amide bonds. The topological polar surface area (TPSA) is 78.0 Å². The van der Waals surface area contributed by atoms with E-state index in [2.05, 4.69) is 21.0 Å². The van der Waals surface area contributed by atoms with Crippen LogP contribution in [-0.2, 0) is 22.6 Å². The van der Waals surface area contributed by atoms with Crippen LogP contribution in [0.25, 0.3) is 0 Å². The Kier molecular flexibility index (Phi) is 3.45. The molecule has 2 rings (SSSR count). The number of halogens is 1. The van der Waals surface area contributed by atoms with Crippen molar-refractivity contribution >= 4 is 31.5 Å². The first-order chi connectivity index (χ1) is 8.38. The summed E-state index contributed by atoms with van der Waals surface area (Å²) in [5.74, 6) is -0.158. The molecule has 0 unspecified atom stereocenters. The minimum atomic E-state index is -3.48. The van der Waals surface area contributed by atoms with Crippen LogP contribution >= 0.6 is 15.9 Å². The van der Waals surface area contributed by atoms with Gasteiger partial charge in [0.25, 0.3) is 0 Å². The van der Waals surface area contributed by atoms with E-state index in [0.29, 0.717) is 10.2 Å². The number of benzene rings is 1. The highest BCUT2D eigenvalue weighted by Gasteiger charge is 2.20. The third kappa shape index (κ3) is 2.73. The van der Waals surface area contributed by atoms with Crippen LogP contribution in [0.3, 0.4) is 0 Å². The Balaban J connectivity index is 2.39. The van der Waals surface area contributed by atoms with E-state index in [0.717, 1.165) is 0 Å². The summed E-state index contributed by atoms with van der Waals surface area (Å²) in [6.45, 7) is 0. The van der Waals surface area contributed by atoms with Crippen molar-refractivity contribution in [1.82, 2.24) is 9.78 Å². The van der Waals surface area contributed by atoms with Crippen molar-refractivity contribution in [2.75, 3.05) is 5.73 Å². The number of hydrogen-bond donors (Lipinski definition) is 1. The van der Waals surface area contributed by atoms with E-state index in [-0.39, 0.29) is 16.3 Å². The summed E-state index contributed by atoms with van der Waals surface area (Å²) >= 11 is 3.24. The summed E-state index contributed by atoms with van der Waals surface area (Å²) in [7, 11) is -1.74. The summed E-state index contributed by atoms with van der Waals surface area (Å²) in [6.07, 6.45) is 1.70. The normalized spacial score (nSPS) is 11.7. The van der Waals surface area contributed by atoms with E-state index in [1.807, 2.05) is 0 Å². The number of aryl methyl sites for hydroxylation is 1. The number of hydrogen-bond acceptors (Lipinski definition) is 4. The summed E-state index contributed by atoms with van der Waals surface area (Å²) < 4.78 is 26.7. The summed E-state index contributed by atoms with van der Waals surface area (Å²) in [5.41, 5.74) is 6.45. The van der Waals surface area contributed by atoms with Gasteiger partial charge in [-0.3, -0.25) is 4.68 Å². The molecule has 18 heavy (non-hydrogen) atoms. The number of sulfone groups is 1. The fraction of sp³-hybridized carbons (Fsp3) is 0.182. The molecule has 1 aromatic heterocycles. The SMILES string of the molecule is Cn1ccc(CS(=O)(=O)c2cc(Br)ccc2N)n1. The van der Waals surface area contributed by atoms with E-state index < -0.39 is 9.84 Å². The van der Waals surface area contributed by atoms with Gasteiger partial charge in [-0.1, -0.05) is 15.9 Å². The van der Waals surface area contributed by atoms with Crippen molar-refractivity contribution in [3.8, 4) is 0 Å². The van der Waals surface area contributed by atoms with Gasteiger partial charge in [0.2, 0.25) is 0 Å². The Labute approximate surface area is 114 Å². The largest absolute Gasteiger partial charge is 0.398 e. The third-order valence-electron chi connectivity index (χ3n) is 2.42. The van der Waals surface area contributed by atoms with Gasteiger partial charge in [0.1, 0.15) is 0 Å². The minimum absolute atomic E-state index is 0.127. The second kappa shape index (κ2) is 4.74. The zero-order valence-electron chi connectivity index (χ0n) is 9.67. The molecule has 0 aliphatic rings. The van der Waals surface area contributed by atoms with Gasteiger partial charge in [0.05, 0.1) is 22.0 Å². The number of aromatic nitrogens is 2. The molecular weight excluding hydrogens is 318 g/mol. The van der Waals surface area contributed by atoms with Crippen molar-refractivity contribution in [2.45, 2.75) is 10.6 Å². The van der Waals surface area contributed by atoms with Crippen LogP contribution in [-0.4, -0.2) is 18.2 Å². The van der Waals surface area contributed by atoms with E-state index in [9.17, 15) is 8.42 Å². The van der Waals surface area contributed by atoms with Crippen molar-refractivity contribution in [2.24, 2.45) is 7.05 Å². The first kappa shape index (κ1) is 13.1. The molecule has 0 aliphatic heterocycles. The molecule has 7 heteroatoms. The zero-order valence-corrected chi connectivity index (χ0v) is 12.1. The molecule has 5 nitrogen and oxygen atoms in total. The number of nitrogens with two attached hydrogens (primary N) is 1. The van der Waals surface area contributed by atoms with E-state index in [1.165, 1.54) is 6.07 Å². The molecular formula is C11H12BrN3O2S. The molecule has 0 bridgehead atoms. The molecule has 0 saturated carbocycles. The molecule has 2 aromatic rings. The maximum Gasteiger partial charge on any atom is 0.186 e. The van der Waals surface area contributed by atoms with Crippen LogP contribution in [0.15, 0.2) is 39.8 Å². The molecule has 0 radical (unpaired) electrons. The lowest BCUT2D eigenvalue weighted by Gasteiger charge is -2.06. The van der Waals surface area contributed by atoms with Gasteiger partial charge in [0, 0.05) is 17.7 Å². The van der Waals surface area contributed by atoms with Crippen LogP contribution < -0.4 is 5.73 Å². The first-order valence-corrected chi connectivity index (χ1v) is 7.59. The zero-order chi connectivity index (χ0) is 13.3. The van der Waals surface area contributed by atoms with Gasteiger partial charge >= 0.3 is 0 Å². The van der Waals surface area contributed by atoms with Crippen LogP contribution in [0.1, 0.15) is 5.69 Å². The van der Waals surface area contributed by atoms with Crippen molar-refractivity contribution in [1.29, 1.82) is 0 Å². The Bertz CT molecular complexity index is 679. The number of nitrogen functional groups attached to an aromatic ring is 1. The number of rotatable bonds is 3. The molecule has 1 heterocycles. The second-order valence-corrected chi connectivity index (χ2v) is 6.80. The molecule has 0 atom stereocenters. The highest BCUT2D eigenvalue weighted by atomic mass is 79.9. The molecule has 0 saturated heterocycles. The van der Waals surface area contributed by atoms with Crippen LogP contribution in [0.2, 0.25) is 0 Å². The van der Waals surface area contributed by atoms with E-state index in [4.69, 9.17) is 5.73 Å². The lowest BCUT2D eigenvalue weighted by atomic mass is 10.3. The van der Waals surface area contributed by atoms with Gasteiger partial charge in [-0.15, -0.1) is 0 Å². The number of nitrogens with zero attached hydrogens (tertiary/aromatic N) is 2. The molecule has 2 N–H and O–H groups in total. The Hall–Kier alpha value is -1.34. The average molecular weight is 330 g/mol. The van der Waals surface area contributed by atoms with Crippen LogP contribution in [0.4, 0.5) is 5.69 Å². The third-order valence-corrected chi connectivity index (χ3v) is 4.61. The average Bonchev–Trinajstić information content (AvgIpc) is 2.66. The first-order valence-electron chi connectivity index (χ1n) is 5.15. The second-order valence-electron chi connectivity index (χ2n) is 3.92. The molecule has 0 fully saturated rings. The maximum absolute atomic E-state index is 12.2. The fourth-order valence-electron chi connectivity index (χ4n) is 1.59. The van der Waals surface area contributed by atoms with E-state index in [1.54, 1.807) is 36.1 Å². The molecule has 0 aliphatic carbocycles. The van der Waals surface area contributed by atoms with Gasteiger partial charge in [-0.05, 0) is 24.3 Å². The van der Waals surface area contributed by atoms with Gasteiger partial charge < -0.3 is 5.73 Å². The minimum Gasteiger partial charge on any atom is -0.398 e. The van der Waals surface area contributed by atoms with Crippen molar-refractivity contribution in [3.05, 3.63) is 40.6 Å². The summed E-state index contributed by atoms with van der Waals surface area (Å²) in [4.78, 5) is 0.127. The lowest BCUT2D eigenvalue weighted by molar-refractivity contribution is 0.594. The molecule has 1 aromatic carbocycles. The highest BCUT2D eigenvalue weighted by molar-refractivity contribution is 9.10. The van der Waals surface area contributed by atoms with Gasteiger partial charge in [-0.25, -0.2) is 8.42 Å². The van der Waals surface area contributed by atoms with Gasteiger partial charge in [0.15, 0.2) is 9.84 Å². The van der Waals surface area contributed by atoms with Crippen LogP contribution in [0.5, 0.6) is 0 Å². The smallest absolute Gasteiger partial charge is 0.186 e. The van der Waals surface area contributed by atoms with Crippen LogP contribution in [0, 0.1) is 0 Å². The predicted molar refractivity (Wildman–Crippen MR) is 72.7 cm³/mol. The standard InChI is InChI=1S/C11H12BrN3O2S/c1-15-5-4-9(14-15)7-18(16,17)11-6-8(12)2-3-10(11)13/h2-6H,7,13H2,1H3. The number of anilines is 1. The predicted octanol–water partition coefficient (Wildman–Crippen LogP) is 1.74. The summed E-state index contributed by atoms with van der Waals surface area (Å²) in [6, 6.07) is 6.45. The molecule has 0 spiro atoms. The quantitative estimate of drug-likeness (QED) is 0.870. The monoisotopic (exact) mass is 329 g/mol. The Morgan fingerprint density at radius 2 is 2.11 bits per heavy atom. The maximum atomic E-state index is 12.2. The molecule has 96 valence electrons. The van der Waals surface area contributed by atoms with Crippen molar-refractivity contribution in [3.63, 3.8) is 0 Å². The van der Waals surface area contributed by atoms with Gasteiger partial charge in [-0.2, -0.15) is 5.10 Å². The van der Waals surface area contributed by atoms with Crippen molar-refractivity contribution < 1.29 is 8.42 Å². The van der Waals surface area contributed by atoms with E-state index >= 15 is 0 Å². The summed E-state index contributed by atoms with van der Waals surface area (Å²) in [5, 5.41) is 4.06. The highest BCUT2D eigenvalue weighted by Crippen LogP contribution is 2.25. The lowest BCUT2D eigenvalue weighted by Crippen LogP contribution is -2.08.